The summed E-state index contributed by atoms with van der Waals surface area (Å²) >= 11 is 0. The molecule has 4 heteroatoms. The van der Waals surface area contributed by atoms with Gasteiger partial charge in [0.2, 0.25) is 0 Å². The van der Waals surface area contributed by atoms with Crippen LogP contribution in [0.5, 0.6) is 5.75 Å². The lowest BCUT2D eigenvalue weighted by atomic mass is 10.1. The molecule has 0 fully saturated rings. The number of carbonyl (C=O) groups is 1. The van der Waals surface area contributed by atoms with E-state index in [0.29, 0.717) is 6.54 Å². The molecule has 19 heavy (non-hydrogen) atoms. The number of hydrogen-bond acceptors (Lipinski definition) is 3. The molecule has 0 radical (unpaired) electrons. The molecule has 1 aromatic rings. The van der Waals surface area contributed by atoms with Gasteiger partial charge in [-0.2, -0.15) is 0 Å². The number of aliphatic hydroxyl groups is 1. The van der Waals surface area contributed by atoms with E-state index in [0.717, 1.165) is 17.7 Å². The highest BCUT2D eigenvalue weighted by Gasteiger charge is 2.13. The molecule has 0 saturated carbocycles. The Morgan fingerprint density at radius 3 is 2.32 bits per heavy atom. The maximum atomic E-state index is 11.5. The average Bonchev–Trinajstić information content (AvgIpc) is 2.35. The van der Waals surface area contributed by atoms with Crippen LogP contribution in [0.1, 0.15) is 26.3 Å². The Kier molecular flexibility index (Phi) is 5.83. The molecule has 0 saturated heterocycles. The third-order valence-corrected chi connectivity index (χ3v) is 2.76. The van der Waals surface area contributed by atoms with Gasteiger partial charge in [0.25, 0.3) is 5.91 Å². The molecular weight excluding hydrogens is 242 g/mol. The molecule has 0 bridgehead atoms. The summed E-state index contributed by atoms with van der Waals surface area (Å²) in [4.78, 5) is 13.0. The van der Waals surface area contributed by atoms with Crippen molar-refractivity contribution < 1.29 is 14.6 Å². The fraction of sp³-hybridized carbons (Fsp3) is 0.533. The van der Waals surface area contributed by atoms with Crippen LogP contribution in [0.25, 0.3) is 0 Å². The minimum Gasteiger partial charge on any atom is -0.491 e. The third kappa shape index (κ3) is 5.30. The molecule has 1 amide bonds. The molecular formula is C15H23NO3. The van der Waals surface area contributed by atoms with Crippen molar-refractivity contribution >= 4 is 5.91 Å². The van der Waals surface area contributed by atoms with Crippen molar-refractivity contribution in [1.29, 1.82) is 0 Å². The quantitative estimate of drug-likeness (QED) is 0.854. The molecule has 106 valence electrons. The zero-order valence-corrected chi connectivity index (χ0v) is 12.1. The molecule has 0 aromatic heterocycles. The monoisotopic (exact) mass is 265 g/mol. The summed E-state index contributed by atoms with van der Waals surface area (Å²) in [5, 5.41) is 9.20. The Morgan fingerprint density at radius 1 is 1.26 bits per heavy atom. The molecule has 1 atom stereocenters. The molecule has 1 unspecified atom stereocenters. The van der Waals surface area contributed by atoms with Crippen LogP contribution >= 0.6 is 0 Å². The van der Waals surface area contributed by atoms with Crippen molar-refractivity contribution in [2.24, 2.45) is 0 Å². The van der Waals surface area contributed by atoms with Crippen LogP contribution in [-0.4, -0.2) is 41.7 Å². The van der Waals surface area contributed by atoms with Gasteiger partial charge in [-0.3, -0.25) is 4.79 Å². The first-order chi connectivity index (χ1) is 8.90. The maximum Gasteiger partial charge on any atom is 0.250 e. The lowest BCUT2D eigenvalue weighted by molar-refractivity contribution is -0.137. The third-order valence-electron chi connectivity index (χ3n) is 2.76. The van der Waals surface area contributed by atoms with Gasteiger partial charge in [0, 0.05) is 13.6 Å². The Bertz CT molecular complexity index is 398. The fourth-order valence-corrected chi connectivity index (χ4v) is 1.73. The highest BCUT2D eigenvalue weighted by molar-refractivity contribution is 5.79. The van der Waals surface area contributed by atoms with Crippen molar-refractivity contribution in [2.75, 3.05) is 13.6 Å². The van der Waals surface area contributed by atoms with Gasteiger partial charge in [0.05, 0.1) is 6.10 Å². The minimum atomic E-state index is -0.938. The number of rotatable bonds is 6. The van der Waals surface area contributed by atoms with Crippen LogP contribution < -0.4 is 4.74 Å². The van der Waals surface area contributed by atoms with Gasteiger partial charge in [0.15, 0.2) is 0 Å². The molecule has 4 nitrogen and oxygen atoms in total. The molecule has 1 aromatic carbocycles. The van der Waals surface area contributed by atoms with Crippen LogP contribution in [0.2, 0.25) is 0 Å². The Hall–Kier alpha value is -1.55. The number of nitrogens with zero attached hydrogens (tertiary/aromatic N) is 1. The van der Waals surface area contributed by atoms with Crippen molar-refractivity contribution in [3.05, 3.63) is 29.8 Å². The average molecular weight is 265 g/mol. The van der Waals surface area contributed by atoms with Gasteiger partial charge < -0.3 is 14.7 Å². The number of amides is 1. The number of carbonyl (C=O) groups excluding carboxylic acids is 1. The largest absolute Gasteiger partial charge is 0.491 e. The number of benzene rings is 1. The highest BCUT2D eigenvalue weighted by Crippen LogP contribution is 2.14. The fourth-order valence-electron chi connectivity index (χ4n) is 1.73. The van der Waals surface area contributed by atoms with Crippen molar-refractivity contribution in [2.45, 2.75) is 39.4 Å². The van der Waals surface area contributed by atoms with E-state index in [2.05, 4.69) is 0 Å². The Balaban J connectivity index is 2.48. The zero-order valence-electron chi connectivity index (χ0n) is 12.1. The number of aliphatic hydroxyl groups excluding tert-OH is 1. The van der Waals surface area contributed by atoms with E-state index in [4.69, 9.17) is 4.74 Å². The summed E-state index contributed by atoms with van der Waals surface area (Å²) in [6.45, 7) is 6.06. The maximum absolute atomic E-state index is 11.5. The van der Waals surface area contributed by atoms with E-state index in [1.807, 2.05) is 38.1 Å². The van der Waals surface area contributed by atoms with E-state index < -0.39 is 6.10 Å². The summed E-state index contributed by atoms with van der Waals surface area (Å²) < 4.78 is 5.57. The van der Waals surface area contributed by atoms with Gasteiger partial charge in [-0.15, -0.1) is 0 Å². The molecule has 0 spiro atoms. The van der Waals surface area contributed by atoms with Crippen LogP contribution in [0.15, 0.2) is 24.3 Å². The molecule has 0 aliphatic carbocycles. The minimum absolute atomic E-state index is 0.167. The van der Waals surface area contributed by atoms with Gasteiger partial charge in [-0.1, -0.05) is 12.1 Å². The predicted octanol–water partition coefficient (Wildman–Crippen LogP) is 1.86. The van der Waals surface area contributed by atoms with E-state index >= 15 is 0 Å². The van der Waals surface area contributed by atoms with Crippen LogP contribution in [0.3, 0.4) is 0 Å². The SMILES string of the molecule is CC(C)Oc1ccc(CCN(C)C(=O)C(C)O)cc1. The molecule has 0 heterocycles. The summed E-state index contributed by atoms with van der Waals surface area (Å²) in [6.07, 6.45) is -0.0100. The highest BCUT2D eigenvalue weighted by atomic mass is 16.5. The topological polar surface area (TPSA) is 49.8 Å². The van der Waals surface area contributed by atoms with Crippen molar-refractivity contribution in [3.63, 3.8) is 0 Å². The van der Waals surface area contributed by atoms with Gasteiger partial charge in [-0.05, 0) is 44.9 Å². The van der Waals surface area contributed by atoms with Gasteiger partial charge >= 0.3 is 0 Å². The molecule has 1 rings (SSSR count). The lowest BCUT2D eigenvalue weighted by Crippen LogP contribution is -2.35. The molecule has 0 aliphatic rings. The first-order valence-electron chi connectivity index (χ1n) is 6.58. The summed E-state index contributed by atoms with van der Waals surface area (Å²) in [5.41, 5.74) is 1.14. The van der Waals surface area contributed by atoms with E-state index in [1.54, 1.807) is 11.9 Å². The normalized spacial score (nSPS) is 12.3. The summed E-state index contributed by atoms with van der Waals surface area (Å²) in [7, 11) is 1.70. The lowest BCUT2D eigenvalue weighted by Gasteiger charge is -2.18. The van der Waals surface area contributed by atoms with E-state index in [-0.39, 0.29) is 12.0 Å². The Labute approximate surface area is 115 Å². The summed E-state index contributed by atoms with van der Waals surface area (Å²) in [5.74, 6) is 0.604. The van der Waals surface area contributed by atoms with Gasteiger partial charge in [0.1, 0.15) is 11.9 Å². The standard InChI is InChI=1S/C15H23NO3/c1-11(2)19-14-7-5-13(6-8-14)9-10-16(4)15(18)12(3)17/h5-8,11-12,17H,9-10H2,1-4H3. The predicted molar refractivity (Wildman–Crippen MR) is 75.2 cm³/mol. The van der Waals surface area contributed by atoms with E-state index in [9.17, 15) is 9.90 Å². The zero-order chi connectivity index (χ0) is 14.4. The number of likely N-dealkylation sites (N-methyl/N-ethyl adjacent to an activating group) is 1. The molecule has 0 aliphatic heterocycles. The number of hydrogen-bond donors (Lipinski definition) is 1. The van der Waals surface area contributed by atoms with Crippen molar-refractivity contribution in [3.8, 4) is 5.75 Å². The second-order valence-corrected chi connectivity index (χ2v) is 5.00. The molecule has 1 N–H and O–H groups in total. The van der Waals surface area contributed by atoms with Crippen LogP contribution in [0, 0.1) is 0 Å². The second kappa shape index (κ2) is 7.14. The van der Waals surface area contributed by atoms with E-state index in [1.165, 1.54) is 6.92 Å². The second-order valence-electron chi connectivity index (χ2n) is 5.00. The summed E-state index contributed by atoms with van der Waals surface area (Å²) in [6, 6.07) is 7.87. The van der Waals surface area contributed by atoms with Gasteiger partial charge in [-0.25, -0.2) is 0 Å². The first kappa shape index (κ1) is 15.5. The Morgan fingerprint density at radius 2 is 1.84 bits per heavy atom. The number of ether oxygens (including phenoxy) is 1. The smallest absolute Gasteiger partial charge is 0.250 e. The van der Waals surface area contributed by atoms with Crippen molar-refractivity contribution in [1.82, 2.24) is 4.90 Å². The van der Waals surface area contributed by atoms with Crippen LogP contribution in [-0.2, 0) is 11.2 Å². The van der Waals surface area contributed by atoms with Crippen LogP contribution in [0.4, 0.5) is 0 Å². The first-order valence-corrected chi connectivity index (χ1v) is 6.58.